The van der Waals surface area contributed by atoms with Crippen molar-refractivity contribution in [1.82, 2.24) is 5.32 Å². The van der Waals surface area contributed by atoms with E-state index in [0.29, 0.717) is 22.0 Å². The van der Waals surface area contributed by atoms with Crippen LogP contribution in [0.15, 0.2) is 48.5 Å². The molecular formula is C20H17F2NO3S. The second kappa shape index (κ2) is 8.18. The molecule has 2 aromatic carbocycles. The first-order valence-electron chi connectivity index (χ1n) is 8.06. The van der Waals surface area contributed by atoms with Crippen LogP contribution in [-0.4, -0.2) is 20.1 Å². The summed E-state index contributed by atoms with van der Waals surface area (Å²) >= 11 is 1.01. The normalized spacial score (nSPS) is 10.5. The highest BCUT2D eigenvalue weighted by molar-refractivity contribution is 7.17. The number of methoxy groups -OCH3 is 2. The Kier molecular flexibility index (Phi) is 5.71. The van der Waals surface area contributed by atoms with Gasteiger partial charge < -0.3 is 14.8 Å². The van der Waals surface area contributed by atoms with Crippen LogP contribution in [0.4, 0.5) is 8.78 Å². The van der Waals surface area contributed by atoms with Crippen LogP contribution in [0.5, 0.6) is 11.5 Å². The molecule has 0 radical (unpaired) electrons. The fraction of sp³-hybridized carbons (Fsp3) is 0.150. The van der Waals surface area contributed by atoms with Crippen molar-refractivity contribution in [3.63, 3.8) is 0 Å². The summed E-state index contributed by atoms with van der Waals surface area (Å²) in [5.74, 6) is -1.17. The van der Waals surface area contributed by atoms with Crippen LogP contribution in [-0.2, 0) is 6.54 Å². The highest BCUT2D eigenvalue weighted by atomic mass is 32.1. The molecule has 140 valence electrons. The number of ether oxygens (including phenoxy) is 2. The minimum Gasteiger partial charge on any atom is -0.497 e. The third-order valence-corrected chi connectivity index (χ3v) is 5.04. The van der Waals surface area contributed by atoms with Gasteiger partial charge in [0.15, 0.2) is 11.6 Å². The minimum absolute atomic E-state index is 0.0520. The van der Waals surface area contributed by atoms with Crippen molar-refractivity contribution in [2.45, 2.75) is 6.54 Å². The van der Waals surface area contributed by atoms with Gasteiger partial charge in [-0.25, -0.2) is 8.78 Å². The molecule has 1 N–H and O–H groups in total. The predicted molar refractivity (Wildman–Crippen MR) is 100 cm³/mol. The number of benzene rings is 2. The largest absolute Gasteiger partial charge is 0.497 e. The van der Waals surface area contributed by atoms with Gasteiger partial charge in [-0.1, -0.05) is 12.1 Å². The van der Waals surface area contributed by atoms with Gasteiger partial charge in [-0.3, -0.25) is 4.79 Å². The number of carbonyl (C=O) groups is 1. The monoisotopic (exact) mass is 389 g/mol. The van der Waals surface area contributed by atoms with Crippen LogP contribution in [0, 0.1) is 11.6 Å². The fourth-order valence-electron chi connectivity index (χ4n) is 2.56. The number of amides is 1. The molecule has 27 heavy (non-hydrogen) atoms. The Labute approximate surface area is 159 Å². The molecule has 0 aliphatic carbocycles. The average Bonchev–Trinajstić information content (AvgIpc) is 3.16. The maximum Gasteiger partial charge on any atom is 0.261 e. The SMILES string of the molecule is COc1cccc(CNC(=O)c2ccc(-c3c(F)ccc(OC)c3F)s2)c1. The molecule has 3 rings (SSSR count). The van der Waals surface area contributed by atoms with Crippen molar-refractivity contribution < 1.29 is 23.0 Å². The number of carbonyl (C=O) groups excluding carboxylic acids is 1. The first kappa shape index (κ1) is 18.8. The third-order valence-electron chi connectivity index (χ3n) is 3.94. The standard InChI is InChI=1S/C20H17F2NO3S/c1-25-13-5-3-4-12(10-13)11-23-20(24)17-9-8-16(27-17)18-14(21)6-7-15(26-2)19(18)22/h3-10H,11H2,1-2H3,(H,23,24). The van der Waals surface area contributed by atoms with E-state index in [1.807, 2.05) is 24.3 Å². The zero-order valence-electron chi connectivity index (χ0n) is 14.7. The molecule has 1 heterocycles. The lowest BCUT2D eigenvalue weighted by Crippen LogP contribution is -2.21. The van der Waals surface area contributed by atoms with Gasteiger partial charge in [0.1, 0.15) is 11.6 Å². The molecule has 1 amide bonds. The van der Waals surface area contributed by atoms with Crippen molar-refractivity contribution in [1.29, 1.82) is 0 Å². The maximum absolute atomic E-state index is 14.4. The summed E-state index contributed by atoms with van der Waals surface area (Å²) < 4.78 is 38.5. The number of halogens is 2. The number of hydrogen-bond donors (Lipinski definition) is 1. The van der Waals surface area contributed by atoms with E-state index in [1.54, 1.807) is 13.2 Å². The molecule has 0 fully saturated rings. The highest BCUT2D eigenvalue weighted by Gasteiger charge is 2.19. The summed E-state index contributed by atoms with van der Waals surface area (Å²) in [7, 11) is 2.88. The Bertz CT molecular complexity index is 972. The number of nitrogens with one attached hydrogen (secondary N) is 1. The van der Waals surface area contributed by atoms with Crippen LogP contribution >= 0.6 is 11.3 Å². The van der Waals surface area contributed by atoms with E-state index in [9.17, 15) is 13.6 Å². The number of rotatable bonds is 6. The van der Waals surface area contributed by atoms with E-state index in [2.05, 4.69) is 5.32 Å². The summed E-state index contributed by atoms with van der Waals surface area (Å²) in [6.07, 6.45) is 0. The highest BCUT2D eigenvalue weighted by Crippen LogP contribution is 2.35. The van der Waals surface area contributed by atoms with Gasteiger partial charge in [0.25, 0.3) is 5.91 Å². The zero-order chi connectivity index (χ0) is 19.4. The topological polar surface area (TPSA) is 47.6 Å². The Morgan fingerprint density at radius 3 is 2.63 bits per heavy atom. The smallest absolute Gasteiger partial charge is 0.261 e. The molecule has 0 atom stereocenters. The molecule has 0 bridgehead atoms. The van der Waals surface area contributed by atoms with Gasteiger partial charge in [-0.2, -0.15) is 0 Å². The van der Waals surface area contributed by atoms with Crippen LogP contribution in [0.2, 0.25) is 0 Å². The molecule has 0 saturated carbocycles. The molecule has 0 saturated heterocycles. The maximum atomic E-state index is 14.4. The Morgan fingerprint density at radius 1 is 1.07 bits per heavy atom. The summed E-state index contributed by atoms with van der Waals surface area (Å²) in [6, 6.07) is 12.8. The van der Waals surface area contributed by atoms with E-state index < -0.39 is 11.6 Å². The second-order valence-corrected chi connectivity index (χ2v) is 6.72. The lowest BCUT2D eigenvalue weighted by molar-refractivity contribution is 0.0955. The molecule has 0 unspecified atom stereocenters. The van der Waals surface area contributed by atoms with E-state index in [1.165, 1.54) is 19.2 Å². The molecule has 3 aromatic rings. The van der Waals surface area contributed by atoms with E-state index in [4.69, 9.17) is 9.47 Å². The van der Waals surface area contributed by atoms with Gasteiger partial charge in [-0.05, 0) is 42.0 Å². The lowest BCUT2D eigenvalue weighted by Gasteiger charge is -2.07. The van der Waals surface area contributed by atoms with Gasteiger partial charge in [0, 0.05) is 11.4 Å². The Hall–Kier alpha value is -2.93. The van der Waals surface area contributed by atoms with Crippen LogP contribution in [0.25, 0.3) is 10.4 Å². The zero-order valence-corrected chi connectivity index (χ0v) is 15.5. The first-order valence-corrected chi connectivity index (χ1v) is 8.88. The number of thiophene rings is 1. The molecule has 0 aliphatic rings. The Morgan fingerprint density at radius 2 is 1.89 bits per heavy atom. The average molecular weight is 389 g/mol. The summed E-state index contributed by atoms with van der Waals surface area (Å²) in [6.45, 7) is 0.311. The fourth-order valence-corrected chi connectivity index (χ4v) is 3.53. The van der Waals surface area contributed by atoms with Crippen molar-refractivity contribution >= 4 is 17.2 Å². The second-order valence-electron chi connectivity index (χ2n) is 5.64. The van der Waals surface area contributed by atoms with Crippen molar-refractivity contribution in [2.24, 2.45) is 0 Å². The van der Waals surface area contributed by atoms with Crippen molar-refractivity contribution in [3.05, 3.63) is 70.6 Å². The summed E-state index contributed by atoms with van der Waals surface area (Å²) in [4.78, 5) is 13.0. The first-order chi connectivity index (χ1) is 13.0. The van der Waals surface area contributed by atoms with Gasteiger partial charge in [0.2, 0.25) is 0 Å². The van der Waals surface area contributed by atoms with Crippen LogP contribution in [0.1, 0.15) is 15.2 Å². The molecular weight excluding hydrogens is 372 g/mol. The molecule has 0 spiro atoms. The van der Waals surface area contributed by atoms with E-state index >= 15 is 0 Å². The van der Waals surface area contributed by atoms with Gasteiger partial charge >= 0.3 is 0 Å². The molecule has 4 nitrogen and oxygen atoms in total. The molecule has 1 aromatic heterocycles. The van der Waals surface area contributed by atoms with E-state index in [0.717, 1.165) is 23.0 Å². The van der Waals surface area contributed by atoms with Crippen LogP contribution < -0.4 is 14.8 Å². The molecule has 0 aliphatic heterocycles. The summed E-state index contributed by atoms with van der Waals surface area (Å²) in [5.41, 5.74) is 0.676. The van der Waals surface area contributed by atoms with Crippen molar-refractivity contribution in [3.8, 4) is 21.9 Å². The Balaban J connectivity index is 1.77. The van der Waals surface area contributed by atoms with E-state index in [-0.39, 0.29) is 17.2 Å². The quantitative estimate of drug-likeness (QED) is 0.668. The molecule has 7 heteroatoms. The third kappa shape index (κ3) is 4.09. The van der Waals surface area contributed by atoms with Crippen LogP contribution in [0.3, 0.4) is 0 Å². The van der Waals surface area contributed by atoms with Gasteiger partial charge in [-0.15, -0.1) is 11.3 Å². The van der Waals surface area contributed by atoms with Gasteiger partial charge in [0.05, 0.1) is 24.7 Å². The van der Waals surface area contributed by atoms with Crippen molar-refractivity contribution in [2.75, 3.05) is 14.2 Å². The number of hydrogen-bond acceptors (Lipinski definition) is 4. The summed E-state index contributed by atoms with van der Waals surface area (Å²) in [5, 5.41) is 2.79. The lowest BCUT2D eigenvalue weighted by atomic mass is 10.1. The predicted octanol–water partition coefficient (Wildman–Crippen LogP) is 4.64. The minimum atomic E-state index is -0.789.